The molecule has 2 amide bonds. The molecule has 0 radical (unpaired) electrons. The highest BCUT2D eigenvalue weighted by atomic mass is 16.2. The molecule has 18 heavy (non-hydrogen) atoms. The zero-order chi connectivity index (χ0) is 13.0. The van der Waals surface area contributed by atoms with Crippen LogP contribution in [0.5, 0.6) is 0 Å². The molecule has 0 saturated carbocycles. The molecule has 0 bridgehead atoms. The highest BCUT2D eigenvalue weighted by molar-refractivity contribution is 6.12. The molecule has 1 aromatic rings. The molecule has 1 aromatic heterocycles. The van der Waals surface area contributed by atoms with Crippen LogP contribution in [0.25, 0.3) is 0 Å². The van der Waals surface area contributed by atoms with Gasteiger partial charge < -0.3 is 0 Å². The number of imide groups is 1. The third-order valence-corrected chi connectivity index (χ3v) is 2.80. The van der Waals surface area contributed by atoms with Crippen molar-refractivity contribution >= 4 is 11.8 Å². The molecule has 0 N–H and O–H groups in total. The molecular formula is C12H16N4O2. The summed E-state index contributed by atoms with van der Waals surface area (Å²) in [5.41, 5.74) is 0.636. The van der Waals surface area contributed by atoms with Crippen molar-refractivity contribution in [3.8, 4) is 0 Å². The number of hydrogen-bond acceptors (Lipinski definition) is 4. The van der Waals surface area contributed by atoms with Crippen LogP contribution in [0.1, 0.15) is 31.9 Å². The van der Waals surface area contributed by atoms with Crippen molar-refractivity contribution < 1.29 is 9.59 Å². The molecule has 96 valence electrons. The van der Waals surface area contributed by atoms with E-state index in [4.69, 9.17) is 0 Å². The van der Waals surface area contributed by atoms with E-state index in [9.17, 15) is 9.59 Å². The normalized spacial score (nSPS) is 14.8. The maximum atomic E-state index is 11.4. The molecule has 6 heteroatoms. The van der Waals surface area contributed by atoms with Gasteiger partial charge in [0.1, 0.15) is 5.69 Å². The summed E-state index contributed by atoms with van der Waals surface area (Å²) in [7, 11) is 0. The highest BCUT2D eigenvalue weighted by Crippen LogP contribution is 2.08. The minimum Gasteiger partial charge on any atom is -0.269 e. The van der Waals surface area contributed by atoms with Gasteiger partial charge in [0.25, 0.3) is 11.8 Å². The van der Waals surface area contributed by atoms with Gasteiger partial charge in [0.15, 0.2) is 0 Å². The Bertz CT molecular complexity index is 460. The number of hydrogen-bond donors (Lipinski definition) is 0. The van der Waals surface area contributed by atoms with Crippen LogP contribution in [0.15, 0.2) is 18.3 Å². The first-order valence-corrected chi connectivity index (χ1v) is 6.13. The molecule has 1 aliphatic heterocycles. The molecule has 0 spiro atoms. The lowest BCUT2D eigenvalue weighted by Gasteiger charge is -2.10. The Labute approximate surface area is 105 Å². The van der Waals surface area contributed by atoms with Crippen molar-refractivity contribution in [2.75, 3.05) is 0 Å². The van der Waals surface area contributed by atoms with Gasteiger partial charge in [-0.3, -0.25) is 19.2 Å². The second-order valence-corrected chi connectivity index (χ2v) is 4.28. The molecule has 2 rings (SSSR count). The number of amides is 2. The average Bonchev–Trinajstić information content (AvgIpc) is 2.92. The summed E-state index contributed by atoms with van der Waals surface area (Å²) in [6.45, 7) is 3.16. The zero-order valence-electron chi connectivity index (χ0n) is 10.4. The number of rotatable bonds is 6. The topological polar surface area (TPSA) is 68.1 Å². The Balaban J connectivity index is 1.90. The van der Waals surface area contributed by atoms with E-state index in [1.807, 2.05) is 0 Å². The molecule has 0 unspecified atom stereocenters. The number of unbranched alkanes of at least 4 members (excludes halogenated alkanes) is 2. The van der Waals surface area contributed by atoms with E-state index in [1.54, 1.807) is 10.9 Å². The third-order valence-electron chi connectivity index (χ3n) is 2.80. The van der Waals surface area contributed by atoms with Crippen molar-refractivity contribution in [2.45, 2.75) is 39.3 Å². The Kier molecular flexibility index (Phi) is 3.86. The van der Waals surface area contributed by atoms with Crippen LogP contribution in [-0.2, 0) is 22.7 Å². The molecule has 0 aromatic carbocycles. The maximum absolute atomic E-state index is 11.4. The second-order valence-electron chi connectivity index (χ2n) is 4.28. The van der Waals surface area contributed by atoms with Gasteiger partial charge in [0, 0.05) is 18.7 Å². The first-order chi connectivity index (χ1) is 8.70. The van der Waals surface area contributed by atoms with Crippen LogP contribution in [0.3, 0.4) is 0 Å². The Morgan fingerprint density at radius 1 is 1.17 bits per heavy atom. The summed E-state index contributed by atoms with van der Waals surface area (Å²) in [6.07, 6.45) is 7.70. The van der Waals surface area contributed by atoms with Crippen molar-refractivity contribution in [3.63, 3.8) is 0 Å². The van der Waals surface area contributed by atoms with Crippen molar-refractivity contribution in [3.05, 3.63) is 24.0 Å². The van der Waals surface area contributed by atoms with E-state index in [1.165, 1.54) is 12.2 Å². The summed E-state index contributed by atoms with van der Waals surface area (Å²) < 4.78 is 1.75. The van der Waals surface area contributed by atoms with Crippen molar-refractivity contribution in [1.29, 1.82) is 0 Å². The van der Waals surface area contributed by atoms with Gasteiger partial charge in [0.2, 0.25) is 0 Å². The van der Waals surface area contributed by atoms with Gasteiger partial charge in [-0.05, 0) is 6.42 Å². The lowest BCUT2D eigenvalue weighted by molar-refractivity contribution is -0.137. The third kappa shape index (κ3) is 2.82. The standard InChI is InChI=1S/C12H16N4O2/c1-2-3-4-7-15-8-10(13-14-15)9-16-11(17)5-6-12(16)18/h5-6,8H,2-4,7,9H2,1H3. The highest BCUT2D eigenvalue weighted by Gasteiger charge is 2.24. The fourth-order valence-electron chi connectivity index (χ4n) is 1.79. The minimum absolute atomic E-state index is 0.193. The van der Waals surface area contributed by atoms with Gasteiger partial charge in [-0.1, -0.05) is 25.0 Å². The number of nitrogens with zero attached hydrogens (tertiary/aromatic N) is 4. The SMILES string of the molecule is CCCCCn1cc(CN2C(=O)C=CC2=O)nn1. The van der Waals surface area contributed by atoms with Gasteiger partial charge >= 0.3 is 0 Å². The Morgan fingerprint density at radius 2 is 1.89 bits per heavy atom. The zero-order valence-corrected chi connectivity index (χ0v) is 10.4. The quantitative estimate of drug-likeness (QED) is 0.554. The molecule has 0 saturated heterocycles. The first-order valence-electron chi connectivity index (χ1n) is 6.13. The second kappa shape index (κ2) is 5.57. The van der Waals surface area contributed by atoms with Crippen LogP contribution in [0.4, 0.5) is 0 Å². The van der Waals surface area contributed by atoms with Crippen molar-refractivity contribution in [2.24, 2.45) is 0 Å². The molecule has 0 aliphatic carbocycles. The minimum atomic E-state index is -0.291. The maximum Gasteiger partial charge on any atom is 0.253 e. The summed E-state index contributed by atoms with van der Waals surface area (Å²) in [4.78, 5) is 23.9. The molecular weight excluding hydrogens is 232 g/mol. The lowest BCUT2D eigenvalue weighted by Crippen LogP contribution is -2.29. The molecule has 2 heterocycles. The van der Waals surface area contributed by atoms with E-state index in [-0.39, 0.29) is 18.4 Å². The van der Waals surface area contributed by atoms with Crippen LogP contribution >= 0.6 is 0 Å². The van der Waals surface area contributed by atoms with Crippen LogP contribution in [0.2, 0.25) is 0 Å². The van der Waals surface area contributed by atoms with Crippen molar-refractivity contribution in [1.82, 2.24) is 19.9 Å². The Hall–Kier alpha value is -1.98. The van der Waals surface area contributed by atoms with Crippen LogP contribution < -0.4 is 0 Å². The number of aromatic nitrogens is 3. The number of carbonyl (C=O) groups excluding carboxylic acids is 2. The first kappa shape index (κ1) is 12.5. The lowest BCUT2D eigenvalue weighted by atomic mass is 10.2. The van der Waals surface area contributed by atoms with Gasteiger partial charge in [0.05, 0.1) is 12.7 Å². The average molecular weight is 248 g/mol. The molecule has 0 atom stereocenters. The molecule has 1 aliphatic rings. The smallest absolute Gasteiger partial charge is 0.253 e. The summed E-state index contributed by atoms with van der Waals surface area (Å²) in [5.74, 6) is -0.582. The molecule has 0 fully saturated rings. The van der Waals surface area contributed by atoms with Crippen LogP contribution in [0, 0.1) is 0 Å². The van der Waals surface area contributed by atoms with Gasteiger partial charge in [-0.15, -0.1) is 5.10 Å². The fraction of sp³-hybridized carbons (Fsp3) is 0.500. The summed E-state index contributed by atoms with van der Waals surface area (Å²) in [6, 6.07) is 0. The number of carbonyl (C=O) groups is 2. The van der Waals surface area contributed by atoms with Gasteiger partial charge in [-0.25, -0.2) is 0 Å². The largest absolute Gasteiger partial charge is 0.269 e. The number of aryl methyl sites for hydroxylation is 1. The van der Waals surface area contributed by atoms with E-state index in [2.05, 4.69) is 17.2 Å². The summed E-state index contributed by atoms with van der Waals surface area (Å²) in [5, 5.41) is 7.94. The predicted octanol–water partition coefficient (Wildman–Crippen LogP) is 0.893. The predicted molar refractivity (Wildman–Crippen MR) is 64.2 cm³/mol. The van der Waals surface area contributed by atoms with E-state index in [0.29, 0.717) is 5.69 Å². The van der Waals surface area contributed by atoms with E-state index in [0.717, 1.165) is 30.7 Å². The van der Waals surface area contributed by atoms with E-state index >= 15 is 0 Å². The van der Waals surface area contributed by atoms with Crippen LogP contribution in [-0.4, -0.2) is 31.7 Å². The van der Waals surface area contributed by atoms with Gasteiger partial charge in [-0.2, -0.15) is 0 Å². The fourth-order valence-corrected chi connectivity index (χ4v) is 1.79. The van der Waals surface area contributed by atoms with E-state index < -0.39 is 0 Å². The monoisotopic (exact) mass is 248 g/mol. The summed E-state index contributed by atoms with van der Waals surface area (Å²) >= 11 is 0. The Morgan fingerprint density at radius 3 is 2.56 bits per heavy atom. The molecule has 6 nitrogen and oxygen atoms in total.